The van der Waals surface area contributed by atoms with Crippen LogP contribution in [-0.4, -0.2) is 38.9 Å². The Morgan fingerprint density at radius 1 is 1.04 bits per heavy atom. The molecule has 2 heterocycles. The molecule has 7 heteroatoms. The van der Waals surface area contributed by atoms with Crippen molar-refractivity contribution in [3.63, 3.8) is 0 Å². The predicted octanol–water partition coefficient (Wildman–Crippen LogP) is 1.88. The lowest BCUT2D eigenvalue weighted by Gasteiger charge is -2.24. The van der Waals surface area contributed by atoms with E-state index in [9.17, 15) is 14.4 Å². The quantitative estimate of drug-likeness (QED) is 0.380. The molecule has 1 aliphatic rings. The van der Waals surface area contributed by atoms with Crippen LogP contribution in [0.3, 0.4) is 0 Å². The minimum absolute atomic E-state index is 0.0852. The van der Waals surface area contributed by atoms with Crippen LogP contribution in [0.4, 0.5) is 0 Å². The molecule has 1 aliphatic heterocycles. The number of para-hydroxylation sites is 1. The highest BCUT2D eigenvalue weighted by molar-refractivity contribution is 6.22. The normalized spacial score (nSPS) is 14.6. The van der Waals surface area contributed by atoms with Gasteiger partial charge < -0.3 is 4.98 Å². The van der Waals surface area contributed by atoms with Gasteiger partial charge >= 0.3 is 0 Å². The summed E-state index contributed by atoms with van der Waals surface area (Å²) in [6.07, 6.45) is 1.82. The van der Waals surface area contributed by atoms with E-state index in [0.717, 1.165) is 21.4 Å². The second-order valence-corrected chi connectivity index (χ2v) is 6.08. The molecule has 0 radical (unpaired) electrons. The molecular formula is C19H15N3O4. The molecule has 130 valence electrons. The molecule has 7 nitrogen and oxygen atoms in total. The molecule has 0 spiro atoms. The van der Waals surface area contributed by atoms with Gasteiger partial charge in [-0.2, -0.15) is 0 Å². The Bertz CT molecular complexity index is 1000. The number of aromatic amines is 1. The van der Waals surface area contributed by atoms with Crippen molar-refractivity contribution in [3.8, 4) is 0 Å². The van der Waals surface area contributed by atoms with Gasteiger partial charge in [0, 0.05) is 23.5 Å². The summed E-state index contributed by atoms with van der Waals surface area (Å²) >= 11 is 0. The van der Waals surface area contributed by atoms with Gasteiger partial charge in [0.1, 0.15) is 6.04 Å². The monoisotopic (exact) mass is 349 g/mol. The molecule has 1 unspecified atom stereocenters. The molecule has 0 bridgehead atoms. The van der Waals surface area contributed by atoms with Crippen LogP contribution in [0.1, 0.15) is 26.3 Å². The third-order valence-electron chi connectivity index (χ3n) is 4.64. The van der Waals surface area contributed by atoms with Crippen LogP contribution >= 0.6 is 0 Å². The molecule has 3 N–H and O–H groups in total. The van der Waals surface area contributed by atoms with Gasteiger partial charge in [-0.25, -0.2) is 5.48 Å². The Hall–Kier alpha value is -3.45. The summed E-state index contributed by atoms with van der Waals surface area (Å²) in [4.78, 5) is 41.7. The average molecular weight is 349 g/mol. The lowest BCUT2D eigenvalue weighted by molar-refractivity contribution is -0.133. The number of rotatable bonds is 4. The van der Waals surface area contributed by atoms with E-state index >= 15 is 0 Å². The van der Waals surface area contributed by atoms with E-state index in [4.69, 9.17) is 5.21 Å². The van der Waals surface area contributed by atoms with Gasteiger partial charge in [-0.05, 0) is 23.8 Å². The number of hydroxylamine groups is 1. The summed E-state index contributed by atoms with van der Waals surface area (Å²) in [5.41, 5.74) is 3.74. The van der Waals surface area contributed by atoms with Gasteiger partial charge in [-0.1, -0.05) is 30.3 Å². The van der Waals surface area contributed by atoms with Crippen LogP contribution in [-0.2, 0) is 11.2 Å². The topological polar surface area (TPSA) is 102 Å². The van der Waals surface area contributed by atoms with Crippen LogP contribution in [0.25, 0.3) is 10.9 Å². The zero-order valence-electron chi connectivity index (χ0n) is 13.6. The second-order valence-electron chi connectivity index (χ2n) is 6.08. The van der Waals surface area contributed by atoms with Crippen LogP contribution in [0, 0.1) is 0 Å². The summed E-state index contributed by atoms with van der Waals surface area (Å²) in [7, 11) is 0. The fourth-order valence-electron chi connectivity index (χ4n) is 3.38. The summed E-state index contributed by atoms with van der Waals surface area (Å²) in [5.74, 6) is -1.90. The maximum Gasteiger partial charge on any atom is 0.266 e. The molecule has 0 fully saturated rings. The fourth-order valence-corrected chi connectivity index (χ4v) is 3.38. The van der Waals surface area contributed by atoms with Gasteiger partial charge in [0.05, 0.1) is 11.1 Å². The molecule has 3 amide bonds. The fraction of sp³-hybridized carbons (Fsp3) is 0.105. The highest BCUT2D eigenvalue weighted by atomic mass is 16.5. The predicted molar refractivity (Wildman–Crippen MR) is 92.7 cm³/mol. The van der Waals surface area contributed by atoms with Crippen LogP contribution in [0.15, 0.2) is 54.7 Å². The summed E-state index contributed by atoms with van der Waals surface area (Å²) in [5, 5.41) is 10.0. The Morgan fingerprint density at radius 2 is 1.65 bits per heavy atom. The number of carbonyl (C=O) groups is 3. The molecule has 0 aliphatic carbocycles. The van der Waals surface area contributed by atoms with Crippen molar-refractivity contribution in [3.05, 3.63) is 71.4 Å². The molecule has 2 aromatic carbocycles. The Labute approximate surface area is 148 Å². The first-order chi connectivity index (χ1) is 12.6. The lowest BCUT2D eigenvalue weighted by Crippen LogP contribution is -2.50. The number of hydrogen-bond acceptors (Lipinski definition) is 4. The molecule has 3 aromatic rings. The highest BCUT2D eigenvalue weighted by Crippen LogP contribution is 2.27. The maximum atomic E-state index is 12.7. The van der Waals surface area contributed by atoms with Crippen molar-refractivity contribution in [2.24, 2.45) is 0 Å². The summed E-state index contributed by atoms with van der Waals surface area (Å²) in [6.45, 7) is 0. The first kappa shape index (κ1) is 16.0. The molecule has 4 rings (SSSR count). The molecule has 0 saturated heterocycles. The summed E-state index contributed by atoms with van der Waals surface area (Å²) < 4.78 is 0. The number of benzene rings is 2. The van der Waals surface area contributed by atoms with Gasteiger partial charge in [-0.15, -0.1) is 0 Å². The Balaban J connectivity index is 1.74. The Morgan fingerprint density at radius 3 is 2.31 bits per heavy atom. The van der Waals surface area contributed by atoms with Crippen molar-refractivity contribution >= 4 is 28.6 Å². The molecular weight excluding hydrogens is 334 g/mol. The van der Waals surface area contributed by atoms with Gasteiger partial charge in [0.25, 0.3) is 17.7 Å². The average Bonchev–Trinajstić information content (AvgIpc) is 3.19. The molecule has 0 saturated carbocycles. The number of amides is 3. The highest BCUT2D eigenvalue weighted by Gasteiger charge is 2.42. The van der Waals surface area contributed by atoms with Crippen molar-refractivity contribution in [2.45, 2.75) is 12.5 Å². The largest absolute Gasteiger partial charge is 0.361 e. The first-order valence-electron chi connectivity index (χ1n) is 8.07. The van der Waals surface area contributed by atoms with E-state index in [-0.39, 0.29) is 17.5 Å². The van der Waals surface area contributed by atoms with Crippen LogP contribution < -0.4 is 5.48 Å². The zero-order valence-corrected chi connectivity index (χ0v) is 13.6. The van der Waals surface area contributed by atoms with Crippen LogP contribution in [0.5, 0.6) is 0 Å². The van der Waals surface area contributed by atoms with Gasteiger partial charge in [0.15, 0.2) is 0 Å². The standard InChI is InChI=1S/C19H15N3O4/c23-17(21-26)16(9-11-10-20-15-8-4-3-5-12(11)15)22-18(24)13-6-1-2-7-14(13)19(22)25/h1-8,10,16,20,26H,9H2,(H,21,23). The maximum absolute atomic E-state index is 12.7. The minimum Gasteiger partial charge on any atom is -0.361 e. The number of nitrogens with one attached hydrogen (secondary N) is 2. The van der Waals surface area contributed by atoms with Crippen molar-refractivity contribution in [2.75, 3.05) is 0 Å². The Kier molecular flexibility index (Phi) is 3.78. The van der Waals surface area contributed by atoms with E-state index in [1.807, 2.05) is 24.3 Å². The van der Waals surface area contributed by atoms with Crippen molar-refractivity contribution < 1.29 is 19.6 Å². The van der Waals surface area contributed by atoms with Crippen LogP contribution in [0.2, 0.25) is 0 Å². The number of H-pyrrole nitrogens is 1. The number of hydrogen-bond donors (Lipinski definition) is 3. The van der Waals surface area contributed by atoms with Gasteiger partial charge in [0.2, 0.25) is 0 Å². The second kappa shape index (κ2) is 6.12. The number of imide groups is 1. The number of carbonyl (C=O) groups excluding carboxylic acids is 3. The minimum atomic E-state index is -1.16. The van der Waals surface area contributed by atoms with Crippen molar-refractivity contribution in [1.82, 2.24) is 15.4 Å². The molecule has 26 heavy (non-hydrogen) atoms. The third-order valence-corrected chi connectivity index (χ3v) is 4.64. The van der Waals surface area contributed by atoms with Crippen molar-refractivity contribution in [1.29, 1.82) is 0 Å². The first-order valence-corrected chi connectivity index (χ1v) is 8.07. The molecule has 1 aromatic heterocycles. The third kappa shape index (κ3) is 2.37. The van der Waals surface area contributed by atoms with E-state index in [2.05, 4.69) is 4.98 Å². The van der Waals surface area contributed by atoms with E-state index < -0.39 is 23.8 Å². The SMILES string of the molecule is O=C(NO)C(Cc1c[nH]c2ccccc12)N1C(=O)c2ccccc2C1=O. The van der Waals surface area contributed by atoms with E-state index in [0.29, 0.717) is 0 Å². The number of aromatic nitrogens is 1. The number of fused-ring (bicyclic) bond motifs is 2. The smallest absolute Gasteiger partial charge is 0.266 e. The zero-order chi connectivity index (χ0) is 18.3. The van der Waals surface area contributed by atoms with Gasteiger partial charge in [-0.3, -0.25) is 24.5 Å². The van der Waals surface area contributed by atoms with E-state index in [1.54, 1.807) is 35.9 Å². The van der Waals surface area contributed by atoms with E-state index in [1.165, 1.54) is 0 Å². The lowest BCUT2D eigenvalue weighted by atomic mass is 10.0. The number of nitrogens with zero attached hydrogens (tertiary/aromatic N) is 1. The summed E-state index contributed by atoms with van der Waals surface area (Å²) in [6, 6.07) is 12.8. The molecule has 1 atom stereocenters.